The number of hydrogen-bond donors (Lipinski definition) is 3. The lowest BCUT2D eigenvalue weighted by Gasteiger charge is -2.22. The summed E-state index contributed by atoms with van der Waals surface area (Å²) in [6.07, 6.45) is 4.73. The Balaban J connectivity index is 1.83. The quantitative estimate of drug-likeness (QED) is 0.246. The Bertz CT molecular complexity index is 488. The van der Waals surface area contributed by atoms with E-state index in [0.29, 0.717) is 18.2 Å². The van der Waals surface area contributed by atoms with Gasteiger partial charge in [0.15, 0.2) is 5.84 Å². The molecular formula is C15H22FN3O2. The average Bonchev–Trinajstić information content (AvgIpc) is 2.53. The molecule has 0 spiro atoms. The molecule has 4 N–H and O–H groups in total. The van der Waals surface area contributed by atoms with Crippen LogP contribution >= 0.6 is 0 Å². The summed E-state index contributed by atoms with van der Waals surface area (Å²) in [5.74, 6) is -0.667. The number of rotatable bonds is 6. The van der Waals surface area contributed by atoms with Crippen molar-refractivity contribution in [2.75, 3.05) is 13.2 Å². The third-order valence-corrected chi connectivity index (χ3v) is 3.69. The number of halogens is 1. The minimum absolute atomic E-state index is 0.118. The van der Waals surface area contributed by atoms with Gasteiger partial charge in [0.1, 0.15) is 5.82 Å². The van der Waals surface area contributed by atoms with Gasteiger partial charge in [-0.1, -0.05) is 17.3 Å². The highest BCUT2D eigenvalue weighted by atomic mass is 19.1. The molecule has 0 saturated carbocycles. The van der Waals surface area contributed by atoms with E-state index in [9.17, 15) is 4.39 Å². The van der Waals surface area contributed by atoms with Crippen LogP contribution in [0.5, 0.6) is 0 Å². The minimum Gasteiger partial charge on any atom is -0.409 e. The van der Waals surface area contributed by atoms with E-state index in [1.54, 1.807) is 12.1 Å². The lowest BCUT2D eigenvalue weighted by atomic mass is 10.1. The van der Waals surface area contributed by atoms with Crippen molar-refractivity contribution in [1.29, 1.82) is 0 Å². The molecule has 5 nitrogen and oxygen atoms in total. The van der Waals surface area contributed by atoms with Crippen LogP contribution in [0, 0.1) is 5.82 Å². The van der Waals surface area contributed by atoms with Crippen LogP contribution in [0.25, 0.3) is 0 Å². The summed E-state index contributed by atoms with van der Waals surface area (Å²) in [4.78, 5) is 0. The number of ether oxygens (including phenoxy) is 1. The molecule has 0 bridgehead atoms. The van der Waals surface area contributed by atoms with Gasteiger partial charge in [-0.05, 0) is 38.3 Å². The second-order valence-electron chi connectivity index (χ2n) is 5.22. The Kier molecular flexibility index (Phi) is 5.95. The number of hydrogen-bond acceptors (Lipinski definition) is 4. The van der Waals surface area contributed by atoms with E-state index in [-0.39, 0.29) is 11.4 Å². The zero-order valence-electron chi connectivity index (χ0n) is 12.0. The summed E-state index contributed by atoms with van der Waals surface area (Å²) < 4.78 is 19.8. The SMILES string of the molecule is N/C(=N/O)c1cccc(CNCCC2CCCCO2)c1F. The summed E-state index contributed by atoms with van der Waals surface area (Å²) in [5, 5.41) is 14.7. The monoisotopic (exact) mass is 295 g/mol. The molecule has 0 radical (unpaired) electrons. The third kappa shape index (κ3) is 4.41. The van der Waals surface area contributed by atoms with E-state index in [4.69, 9.17) is 15.7 Å². The molecule has 1 aromatic carbocycles. The minimum atomic E-state index is -0.450. The Morgan fingerprint density at radius 3 is 3.05 bits per heavy atom. The normalized spacial score (nSPS) is 19.7. The number of amidine groups is 1. The van der Waals surface area contributed by atoms with Crippen LogP contribution in [0.1, 0.15) is 36.8 Å². The van der Waals surface area contributed by atoms with Gasteiger partial charge in [-0.2, -0.15) is 0 Å². The van der Waals surface area contributed by atoms with Gasteiger partial charge >= 0.3 is 0 Å². The first-order valence-electron chi connectivity index (χ1n) is 7.30. The van der Waals surface area contributed by atoms with Gasteiger partial charge in [0.2, 0.25) is 0 Å². The lowest BCUT2D eigenvalue weighted by molar-refractivity contribution is 0.0115. The summed E-state index contributed by atoms with van der Waals surface area (Å²) in [6.45, 7) is 2.03. The van der Waals surface area contributed by atoms with Crippen molar-refractivity contribution >= 4 is 5.84 Å². The average molecular weight is 295 g/mol. The van der Waals surface area contributed by atoms with Gasteiger partial charge in [0, 0.05) is 18.7 Å². The molecule has 116 valence electrons. The number of oxime groups is 1. The molecule has 1 heterocycles. The first kappa shape index (κ1) is 15.7. The number of nitrogens with one attached hydrogen (secondary N) is 1. The van der Waals surface area contributed by atoms with Crippen molar-refractivity contribution < 1.29 is 14.3 Å². The van der Waals surface area contributed by atoms with Gasteiger partial charge in [-0.25, -0.2) is 4.39 Å². The van der Waals surface area contributed by atoms with Crippen LogP contribution < -0.4 is 11.1 Å². The van der Waals surface area contributed by atoms with Gasteiger partial charge in [-0.15, -0.1) is 0 Å². The summed E-state index contributed by atoms with van der Waals surface area (Å²) >= 11 is 0. The zero-order valence-corrected chi connectivity index (χ0v) is 12.0. The van der Waals surface area contributed by atoms with Crippen LogP contribution in [0.4, 0.5) is 4.39 Å². The number of nitrogens with zero attached hydrogens (tertiary/aromatic N) is 1. The van der Waals surface area contributed by atoms with Crippen LogP contribution in [-0.2, 0) is 11.3 Å². The molecule has 0 aliphatic carbocycles. The smallest absolute Gasteiger partial charge is 0.173 e. The second kappa shape index (κ2) is 7.95. The fraction of sp³-hybridized carbons (Fsp3) is 0.533. The van der Waals surface area contributed by atoms with Gasteiger partial charge in [0.25, 0.3) is 0 Å². The Hall–Kier alpha value is -1.66. The van der Waals surface area contributed by atoms with Crippen LogP contribution in [0.15, 0.2) is 23.4 Å². The number of nitrogens with two attached hydrogens (primary N) is 1. The van der Waals surface area contributed by atoms with Crippen LogP contribution in [-0.4, -0.2) is 30.3 Å². The molecule has 1 aliphatic heterocycles. The third-order valence-electron chi connectivity index (χ3n) is 3.69. The Labute approximate surface area is 124 Å². The van der Waals surface area contributed by atoms with E-state index in [0.717, 1.165) is 32.4 Å². The highest BCUT2D eigenvalue weighted by molar-refractivity contribution is 5.97. The molecule has 6 heteroatoms. The molecule has 21 heavy (non-hydrogen) atoms. The molecule has 2 rings (SSSR count). The highest BCUT2D eigenvalue weighted by Crippen LogP contribution is 2.15. The maximum atomic E-state index is 14.2. The van der Waals surface area contributed by atoms with Crippen molar-refractivity contribution in [3.05, 3.63) is 35.1 Å². The molecule has 1 fully saturated rings. The molecule has 1 saturated heterocycles. The first-order valence-corrected chi connectivity index (χ1v) is 7.30. The summed E-state index contributed by atoms with van der Waals surface area (Å²) in [7, 11) is 0. The molecule has 1 unspecified atom stereocenters. The topological polar surface area (TPSA) is 79.9 Å². The van der Waals surface area contributed by atoms with Crippen molar-refractivity contribution in [3.8, 4) is 0 Å². The standard InChI is InChI=1S/C15H22FN3O2/c16-14-11(4-3-6-13(14)15(17)19-20)10-18-8-7-12-5-1-2-9-21-12/h3-4,6,12,18,20H,1-2,5,7-10H2,(H2,17,19). The summed E-state index contributed by atoms with van der Waals surface area (Å²) in [6, 6.07) is 4.87. The molecule has 1 aliphatic rings. The predicted molar refractivity (Wildman–Crippen MR) is 78.8 cm³/mol. The first-order chi connectivity index (χ1) is 10.2. The maximum Gasteiger partial charge on any atom is 0.173 e. The Morgan fingerprint density at radius 2 is 2.33 bits per heavy atom. The van der Waals surface area contributed by atoms with Gasteiger partial charge < -0.3 is 21.0 Å². The van der Waals surface area contributed by atoms with Crippen LogP contribution in [0.3, 0.4) is 0 Å². The fourth-order valence-corrected chi connectivity index (χ4v) is 2.49. The van der Waals surface area contributed by atoms with E-state index < -0.39 is 5.82 Å². The highest BCUT2D eigenvalue weighted by Gasteiger charge is 2.14. The molecule has 0 amide bonds. The largest absolute Gasteiger partial charge is 0.409 e. The number of benzene rings is 1. The predicted octanol–water partition coefficient (Wildman–Crippen LogP) is 1.97. The van der Waals surface area contributed by atoms with E-state index >= 15 is 0 Å². The van der Waals surface area contributed by atoms with Crippen molar-refractivity contribution in [2.24, 2.45) is 10.9 Å². The van der Waals surface area contributed by atoms with E-state index in [2.05, 4.69) is 10.5 Å². The zero-order chi connectivity index (χ0) is 15.1. The molecular weight excluding hydrogens is 273 g/mol. The van der Waals surface area contributed by atoms with Gasteiger partial charge in [-0.3, -0.25) is 0 Å². The van der Waals surface area contributed by atoms with E-state index in [1.165, 1.54) is 12.5 Å². The maximum absolute atomic E-state index is 14.2. The van der Waals surface area contributed by atoms with Crippen molar-refractivity contribution in [1.82, 2.24) is 5.32 Å². The second-order valence-corrected chi connectivity index (χ2v) is 5.22. The Morgan fingerprint density at radius 1 is 1.48 bits per heavy atom. The van der Waals surface area contributed by atoms with Crippen molar-refractivity contribution in [2.45, 2.75) is 38.3 Å². The fourth-order valence-electron chi connectivity index (χ4n) is 2.49. The molecule has 1 atom stereocenters. The molecule has 0 aromatic heterocycles. The van der Waals surface area contributed by atoms with Crippen LogP contribution in [0.2, 0.25) is 0 Å². The summed E-state index contributed by atoms with van der Waals surface area (Å²) in [5.41, 5.74) is 6.06. The van der Waals surface area contributed by atoms with E-state index in [1.807, 2.05) is 0 Å². The van der Waals surface area contributed by atoms with Crippen molar-refractivity contribution in [3.63, 3.8) is 0 Å². The lowest BCUT2D eigenvalue weighted by Crippen LogP contribution is -2.25. The molecule has 1 aromatic rings. The van der Waals surface area contributed by atoms with Gasteiger partial charge in [0.05, 0.1) is 11.7 Å².